The van der Waals surface area contributed by atoms with Gasteiger partial charge in [-0.05, 0) is 74.9 Å². The molecule has 0 aliphatic carbocycles. The first-order valence-corrected chi connectivity index (χ1v) is 8.80. The lowest BCUT2D eigenvalue weighted by Gasteiger charge is -2.25. The van der Waals surface area contributed by atoms with Crippen molar-refractivity contribution in [1.29, 1.82) is 0 Å². The number of carbonyl (C=O) groups is 1. The van der Waals surface area contributed by atoms with E-state index < -0.39 is 5.60 Å². The Morgan fingerprint density at radius 1 is 1.23 bits per heavy atom. The fourth-order valence-corrected chi connectivity index (χ4v) is 3.09. The number of aryl methyl sites for hydroxylation is 3. The van der Waals surface area contributed by atoms with Crippen molar-refractivity contribution in [2.75, 3.05) is 11.4 Å². The van der Waals surface area contributed by atoms with Gasteiger partial charge in [0.15, 0.2) is 0 Å². The van der Waals surface area contributed by atoms with E-state index in [0.29, 0.717) is 6.54 Å². The van der Waals surface area contributed by atoms with Gasteiger partial charge in [0.2, 0.25) is 0 Å². The standard InChI is InChI=1S/C21H25N3O2/c1-14-8-19-18(9-17(14)7-6-16-10-22-13-23-11-16)15(2)12-24(19)20(25)26-21(3,4)5/h8-11,13H,2,6-7,12H2,1,3-5H3. The molecule has 1 aliphatic heterocycles. The first kappa shape index (κ1) is 18.1. The maximum atomic E-state index is 12.5. The molecule has 0 saturated heterocycles. The van der Waals surface area contributed by atoms with Crippen LogP contribution in [0, 0.1) is 6.92 Å². The van der Waals surface area contributed by atoms with Gasteiger partial charge in [-0.3, -0.25) is 4.90 Å². The van der Waals surface area contributed by atoms with Gasteiger partial charge in [-0.15, -0.1) is 0 Å². The van der Waals surface area contributed by atoms with E-state index in [0.717, 1.165) is 40.8 Å². The zero-order valence-electron chi connectivity index (χ0n) is 15.9. The molecule has 1 aromatic heterocycles. The number of hydrogen-bond donors (Lipinski definition) is 0. The lowest BCUT2D eigenvalue weighted by Crippen LogP contribution is -2.35. The third kappa shape index (κ3) is 3.93. The largest absolute Gasteiger partial charge is 0.443 e. The molecule has 0 unspecified atom stereocenters. The van der Waals surface area contributed by atoms with Gasteiger partial charge >= 0.3 is 6.09 Å². The second-order valence-electron chi connectivity index (χ2n) is 7.71. The van der Waals surface area contributed by atoms with Gasteiger partial charge in [-0.2, -0.15) is 0 Å². The van der Waals surface area contributed by atoms with E-state index in [1.54, 1.807) is 11.2 Å². The quantitative estimate of drug-likeness (QED) is 0.825. The van der Waals surface area contributed by atoms with Gasteiger partial charge < -0.3 is 4.74 Å². The van der Waals surface area contributed by atoms with Crippen LogP contribution in [0.2, 0.25) is 0 Å². The highest BCUT2D eigenvalue weighted by Crippen LogP contribution is 2.37. The van der Waals surface area contributed by atoms with Gasteiger partial charge in [-0.25, -0.2) is 14.8 Å². The molecule has 3 rings (SSSR count). The highest BCUT2D eigenvalue weighted by molar-refractivity contribution is 5.99. The molecule has 0 N–H and O–H groups in total. The molecule has 1 aliphatic rings. The molecule has 1 aromatic carbocycles. The summed E-state index contributed by atoms with van der Waals surface area (Å²) in [7, 11) is 0. The Hall–Kier alpha value is -2.69. The Bertz CT molecular complexity index is 838. The number of hydrogen-bond acceptors (Lipinski definition) is 4. The number of benzene rings is 1. The van der Waals surface area contributed by atoms with Crippen molar-refractivity contribution in [3.05, 3.63) is 59.7 Å². The van der Waals surface area contributed by atoms with E-state index in [4.69, 9.17) is 4.74 Å². The SMILES string of the molecule is C=C1CN(C(=O)OC(C)(C)C)c2cc(C)c(CCc3cncnc3)cc21. The number of rotatable bonds is 3. The summed E-state index contributed by atoms with van der Waals surface area (Å²) < 4.78 is 5.53. The topological polar surface area (TPSA) is 55.3 Å². The third-order valence-corrected chi connectivity index (χ3v) is 4.39. The molecule has 5 nitrogen and oxygen atoms in total. The van der Waals surface area contributed by atoms with E-state index in [-0.39, 0.29) is 6.09 Å². The minimum atomic E-state index is -0.520. The predicted molar refractivity (Wildman–Crippen MR) is 103 cm³/mol. The molecule has 2 heterocycles. The summed E-state index contributed by atoms with van der Waals surface area (Å²) in [6, 6.07) is 4.22. The predicted octanol–water partition coefficient (Wildman–Crippen LogP) is 4.34. The van der Waals surface area contributed by atoms with Crippen molar-refractivity contribution in [3.63, 3.8) is 0 Å². The average Bonchev–Trinajstić information content (AvgIpc) is 2.88. The van der Waals surface area contributed by atoms with Crippen LogP contribution >= 0.6 is 0 Å². The van der Waals surface area contributed by atoms with Crippen LogP contribution < -0.4 is 4.90 Å². The lowest BCUT2D eigenvalue weighted by molar-refractivity contribution is 0.0586. The highest BCUT2D eigenvalue weighted by Gasteiger charge is 2.31. The van der Waals surface area contributed by atoms with Gasteiger partial charge in [-0.1, -0.05) is 6.58 Å². The average molecular weight is 351 g/mol. The Labute approximate surface area is 154 Å². The van der Waals surface area contributed by atoms with Crippen LogP contribution in [0.15, 0.2) is 37.4 Å². The summed E-state index contributed by atoms with van der Waals surface area (Å²) in [5.74, 6) is 0. The van der Waals surface area contributed by atoms with E-state index in [9.17, 15) is 4.79 Å². The molecule has 2 aromatic rings. The van der Waals surface area contributed by atoms with Gasteiger partial charge in [0.05, 0.1) is 12.2 Å². The maximum Gasteiger partial charge on any atom is 0.415 e. The zero-order valence-corrected chi connectivity index (χ0v) is 15.9. The number of fused-ring (bicyclic) bond motifs is 1. The van der Waals surface area contributed by atoms with Crippen LogP contribution in [0.1, 0.15) is 43.0 Å². The number of amides is 1. The minimum absolute atomic E-state index is 0.328. The van der Waals surface area contributed by atoms with E-state index in [2.05, 4.69) is 35.6 Å². The van der Waals surface area contributed by atoms with E-state index >= 15 is 0 Å². The molecule has 0 spiro atoms. The Morgan fingerprint density at radius 3 is 2.58 bits per heavy atom. The molecule has 0 atom stereocenters. The summed E-state index contributed by atoms with van der Waals surface area (Å²) in [5, 5.41) is 0. The number of aromatic nitrogens is 2. The molecule has 0 radical (unpaired) electrons. The van der Waals surface area contributed by atoms with Crippen LogP contribution in [-0.4, -0.2) is 28.2 Å². The molecule has 136 valence electrons. The molecular formula is C21H25N3O2. The lowest BCUT2D eigenvalue weighted by atomic mass is 9.97. The number of nitrogens with zero attached hydrogens (tertiary/aromatic N) is 3. The normalized spacial score (nSPS) is 13.7. The first-order chi connectivity index (χ1) is 12.2. The third-order valence-electron chi connectivity index (χ3n) is 4.39. The van der Waals surface area contributed by atoms with Gasteiger partial charge in [0.1, 0.15) is 11.9 Å². The highest BCUT2D eigenvalue weighted by atomic mass is 16.6. The molecular weight excluding hydrogens is 326 g/mol. The van der Waals surface area contributed by atoms with Crippen molar-refractivity contribution < 1.29 is 9.53 Å². The summed E-state index contributed by atoms with van der Waals surface area (Å²) in [6.07, 6.45) is 6.68. The molecule has 0 saturated carbocycles. The molecule has 0 bridgehead atoms. The fraction of sp³-hybridized carbons (Fsp3) is 0.381. The van der Waals surface area contributed by atoms with Crippen LogP contribution in [0.5, 0.6) is 0 Å². The van der Waals surface area contributed by atoms with Gasteiger partial charge in [0.25, 0.3) is 0 Å². The Balaban J connectivity index is 1.82. The van der Waals surface area contributed by atoms with Crippen molar-refractivity contribution in [2.45, 2.75) is 46.1 Å². The van der Waals surface area contributed by atoms with Crippen LogP contribution in [-0.2, 0) is 17.6 Å². The Morgan fingerprint density at radius 2 is 1.92 bits per heavy atom. The smallest absolute Gasteiger partial charge is 0.415 e. The molecule has 1 amide bonds. The minimum Gasteiger partial charge on any atom is -0.443 e. The summed E-state index contributed by atoms with van der Waals surface area (Å²) in [4.78, 5) is 22.3. The second-order valence-corrected chi connectivity index (χ2v) is 7.71. The van der Waals surface area contributed by atoms with Crippen molar-refractivity contribution >= 4 is 17.4 Å². The van der Waals surface area contributed by atoms with E-state index in [1.807, 2.05) is 33.2 Å². The van der Waals surface area contributed by atoms with Gasteiger partial charge in [0, 0.05) is 18.0 Å². The fourth-order valence-electron chi connectivity index (χ4n) is 3.09. The van der Waals surface area contributed by atoms with Crippen molar-refractivity contribution in [1.82, 2.24) is 9.97 Å². The summed E-state index contributed by atoms with van der Waals surface area (Å²) >= 11 is 0. The molecule has 0 fully saturated rings. The maximum absolute atomic E-state index is 12.5. The summed E-state index contributed by atoms with van der Waals surface area (Å²) in [5.41, 5.74) is 5.85. The molecule has 26 heavy (non-hydrogen) atoms. The zero-order chi connectivity index (χ0) is 18.9. The molecule has 5 heteroatoms. The number of ether oxygens (including phenoxy) is 1. The Kier molecular flexibility index (Phi) is 4.81. The second kappa shape index (κ2) is 6.90. The van der Waals surface area contributed by atoms with Crippen molar-refractivity contribution in [3.8, 4) is 0 Å². The van der Waals surface area contributed by atoms with Crippen LogP contribution in [0.25, 0.3) is 5.57 Å². The number of anilines is 1. The monoisotopic (exact) mass is 351 g/mol. The number of carbonyl (C=O) groups excluding carboxylic acids is 1. The van der Waals surface area contributed by atoms with Crippen LogP contribution in [0.3, 0.4) is 0 Å². The van der Waals surface area contributed by atoms with E-state index in [1.165, 1.54) is 5.56 Å². The van der Waals surface area contributed by atoms with Crippen molar-refractivity contribution in [2.24, 2.45) is 0 Å². The van der Waals surface area contributed by atoms with Crippen LogP contribution in [0.4, 0.5) is 10.5 Å². The summed E-state index contributed by atoms with van der Waals surface area (Å²) in [6.45, 7) is 12.3. The first-order valence-electron chi connectivity index (χ1n) is 8.80.